The molecule has 0 unspecified atom stereocenters. The summed E-state index contributed by atoms with van der Waals surface area (Å²) in [4.78, 5) is 16.4. The Labute approximate surface area is 165 Å². The molecule has 2 aromatic carbocycles. The lowest BCUT2D eigenvalue weighted by atomic mass is 10.2. The Bertz CT molecular complexity index is 1070. The molecule has 0 aliphatic carbocycles. The van der Waals surface area contributed by atoms with Crippen LogP contribution in [-0.4, -0.2) is 33.4 Å². The van der Waals surface area contributed by atoms with Crippen LogP contribution in [0, 0.1) is 0 Å². The SMILES string of the molecule is COc1ccc(-c2noc(CCC(=O)Oc3ccc(-c4nnco4)cc3)n2)cc1. The van der Waals surface area contributed by atoms with Crippen molar-refractivity contribution in [1.82, 2.24) is 20.3 Å². The normalized spacial score (nSPS) is 10.7. The predicted molar refractivity (Wildman–Crippen MR) is 100.0 cm³/mol. The molecule has 0 fully saturated rings. The second-order valence-electron chi connectivity index (χ2n) is 5.98. The molecule has 0 saturated carbocycles. The fourth-order valence-corrected chi connectivity index (χ4v) is 2.57. The number of methoxy groups -OCH3 is 1. The molecule has 2 heterocycles. The molecular formula is C20H16N4O5. The van der Waals surface area contributed by atoms with E-state index in [0.717, 1.165) is 16.9 Å². The van der Waals surface area contributed by atoms with Crippen LogP contribution in [-0.2, 0) is 11.2 Å². The molecular weight excluding hydrogens is 376 g/mol. The lowest BCUT2D eigenvalue weighted by Crippen LogP contribution is -2.09. The van der Waals surface area contributed by atoms with Crippen LogP contribution in [0.25, 0.3) is 22.8 Å². The van der Waals surface area contributed by atoms with Crippen molar-refractivity contribution in [2.45, 2.75) is 12.8 Å². The van der Waals surface area contributed by atoms with E-state index in [9.17, 15) is 4.79 Å². The highest BCUT2D eigenvalue weighted by atomic mass is 16.5. The van der Waals surface area contributed by atoms with Gasteiger partial charge in [-0.3, -0.25) is 4.79 Å². The number of nitrogens with zero attached hydrogens (tertiary/aromatic N) is 4. The summed E-state index contributed by atoms with van der Waals surface area (Å²) in [5.74, 6) is 1.96. The van der Waals surface area contributed by atoms with Crippen LogP contribution in [0.15, 0.2) is 63.9 Å². The summed E-state index contributed by atoms with van der Waals surface area (Å²) in [6.07, 6.45) is 1.64. The van der Waals surface area contributed by atoms with E-state index in [1.165, 1.54) is 6.39 Å². The largest absolute Gasteiger partial charge is 0.497 e. The van der Waals surface area contributed by atoms with Gasteiger partial charge in [0.15, 0.2) is 0 Å². The van der Waals surface area contributed by atoms with Gasteiger partial charge in [-0.1, -0.05) is 5.16 Å². The van der Waals surface area contributed by atoms with Crippen molar-refractivity contribution in [1.29, 1.82) is 0 Å². The lowest BCUT2D eigenvalue weighted by molar-refractivity contribution is -0.134. The molecule has 9 nitrogen and oxygen atoms in total. The Balaban J connectivity index is 1.31. The second kappa shape index (κ2) is 8.34. The molecule has 4 rings (SSSR count). The Hall–Kier alpha value is -4.01. The van der Waals surface area contributed by atoms with Crippen LogP contribution in [0.2, 0.25) is 0 Å². The van der Waals surface area contributed by atoms with Gasteiger partial charge in [-0.25, -0.2) is 0 Å². The van der Waals surface area contributed by atoms with E-state index in [0.29, 0.717) is 23.4 Å². The highest BCUT2D eigenvalue weighted by Crippen LogP contribution is 2.22. The van der Waals surface area contributed by atoms with Gasteiger partial charge in [0.2, 0.25) is 24.0 Å². The van der Waals surface area contributed by atoms with E-state index >= 15 is 0 Å². The summed E-state index contributed by atoms with van der Waals surface area (Å²) in [5, 5.41) is 11.4. The van der Waals surface area contributed by atoms with E-state index in [-0.39, 0.29) is 12.8 Å². The van der Waals surface area contributed by atoms with Gasteiger partial charge >= 0.3 is 5.97 Å². The molecule has 0 aliphatic rings. The Morgan fingerprint density at radius 2 is 1.72 bits per heavy atom. The molecule has 0 saturated heterocycles. The van der Waals surface area contributed by atoms with E-state index in [4.69, 9.17) is 18.4 Å². The maximum Gasteiger partial charge on any atom is 0.311 e. The highest BCUT2D eigenvalue weighted by Gasteiger charge is 2.12. The lowest BCUT2D eigenvalue weighted by Gasteiger charge is -2.03. The van der Waals surface area contributed by atoms with Crippen molar-refractivity contribution >= 4 is 5.97 Å². The van der Waals surface area contributed by atoms with E-state index in [1.807, 2.05) is 24.3 Å². The van der Waals surface area contributed by atoms with Crippen molar-refractivity contribution in [3.05, 3.63) is 60.8 Å². The van der Waals surface area contributed by atoms with Crippen LogP contribution >= 0.6 is 0 Å². The highest BCUT2D eigenvalue weighted by molar-refractivity contribution is 5.72. The number of rotatable bonds is 7. The smallest absolute Gasteiger partial charge is 0.311 e. The third-order valence-corrected chi connectivity index (χ3v) is 4.05. The molecule has 0 aliphatic heterocycles. The summed E-state index contributed by atoms with van der Waals surface area (Å²) in [6.45, 7) is 0. The fraction of sp³-hybridized carbons (Fsp3) is 0.150. The number of aromatic nitrogens is 4. The third kappa shape index (κ3) is 4.46. The number of aryl methyl sites for hydroxylation is 1. The quantitative estimate of drug-likeness (QED) is 0.345. The number of carbonyl (C=O) groups excluding carboxylic acids is 1. The number of hydrogen-bond donors (Lipinski definition) is 0. The van der Waals surface area contributed by atoms with Crippen molar-refractivity contribution < 1.29 is 23.2 Å². The molecule has 29 heavy (non-hydrogen) atoms. The summed E-state index contributed by atoms with van der Waals surface area (Å²) in [7, 11) is 1.60. The summed E-state index contributed by atoms with van der Waals surface area (Å²) in [5.41, 5.74) is 1.53. The summed E-state index contributed by atoms with van der Waals surface area (Å²) >= 11 is 0. The minimum absolute atomic E-state index is 0.107. The van der Waals surface area contributed by atoms with Gasteiger partial charge < -0.3 is 18.4 Å². The van der Waals surface area contributed by atoms with Gasteiger partial charge in [0.05, 0.1) is 13.5 Å². The fourth-order valence-electron chi connectivity index (χ4n) is 2.57. The zero-order valence-electron chi connectivity index (χ0n) is 15.4. The molecule has 146 valence electrons. The first kappa shape index (κ1) is 18.4. The topological polar surface area (TPSA) is 113 Å². The van der Waals surface area contributed by atoms with Gasteiger partial charge in [-0.05, 0) is 48.5 Å². The summed E-state index contributed by atoms with van der Waals surface area (Å²) in [6, 6.07) is 14.1. The Kier molecular flexibility index (Phi) is 5.28. The zero-order valence-corrected chi connectivity index (χ0v) is 15.4. The number of hydrogen-bond acceptors (Lipinski definition) is 9. The molecule has 9 heteroatoms. The predicted octanol–water partition coefficient (Wildman–Crippen LogP) is 3.33. The van der Waals surface area contributed by atoms with E-state index in [2.05, 4.69) is 20.3 Å². The van der Waals surface area contributed by atoms with E-state index in [1.54, 1.807) is 31.4 Å². The average molecular weight is 392 g/mol. The molecule has 0 amide bonds. The molecule has 0 N–H and O–H groups in total. The van der Waals surface area contributed by atoms with Gasteiger partial charge in [0, 0.05) is 17.5 Å². The first-order chi connectivity index (χ1) is 14.2. The van der Waals surface area contributed by atoms with Crippen LogP contribution in [0.4, 0.5) is 0 Å². The van der Waals surface area contributed by atoms with Crippen molar-refractivity contribution in [3.8, 4) is 34.3 Å². The molecule has 0 atom stereocenters. The van der Waals surface area contributed by atoms with Gasteiger partial charge in [0.1, 0.15) is 11.5 Å². The number of carbonyl (C=O) groups is 1. The Morgan fingerprint density at radius 3 is 2.41 bits per heavy atom. The molecule has 0 radical (unpaired) electrons. The van der Waals surface area contributed by atoms with Crippen molar-refractivity contribution in [2.24, 2.45) is 0 Å². The summed E-state index contributed by atoms with van der Waals surface area (Å²) < 4.78 is 20.8. The van der Waals surface area contributed by atoms with Crippen LogP contribution < -0.4 is 9.47 Å². The monoisotopic (exact) mass is 392 g/mol. The maximum atomic E-state index is 12.1. The standard InChI is InChI=1S/C20H16N4O5/c1-26-15-6-2-13(3-7-15)19-22-17(29-24-19)10-11-18(25)28-16-8-4-14(5-9-16)20-23-21-12-27-20/h2-9,12H,10-11H2,1H3. The zero-order chi connectivity index (χ0) is 20.1. The Morgan fingerprint density at radius 1 is 1.00 bits per heavy atom. The number of esters is 1. The first-order valence-corrected chi connectivity index (χ1v) is 8.75. The first-order valence-electron chi connectivity index (χ1n) is 8.75. The van der Waals surface area contributed by atoms with Gasteiger partial charge in [-0.2, -0.15) is 4.98 Å². The second-order valence-corrected chi connectivity index (χ2v) is 5.98. The number of ether oxygens (including phenoxy) is 2. The van der Waals surface area contributed by atoms with Crippen LogP contribution in [0.5, 0.6) is 11.5 Å². The van der Waals surface area contributed by atoms with Crippen LogP contribution in [0.1, 0.15) is 12.3 Å². The average Bonchev–Trinajstić information content (AvgIpc) is 3.45. The van der Waals surface area contributed by atoms with Crippen molar-refractivity contribution in [3.63, 3.8) is 0 Å². The minimum Gasteiger partial charge on any atom is -0.497 e. The molecule has 4 aromatic rings. The molecule has 2 aromatic heterocycles. The molecule has 0 bridgehead atoms. The maximum absolute atomic E-state index is 12.1. The van der Waals surface area contributed by atoms with Crippen molar-refractivity contribution in [2.75, 3.05) is 7.11 Å². The van der Waals surface area contributed by atoms with Crippen LogP contribution in [0.3, 0.4) is 0 Å². The van der Waals surface area contributed by atoms with Gasteiger partial charge in [-0.15, -0.1) is 10.2 Å². The third-order valence-electron chi connectivity index (χ3n) is 4.05. The van der Waals surface area contributed by atoms with Gasteiger partial charge in [0.25, 0.3) is 0 Å². The molecule has 0 spiro atoms. The minimum atomic E-state index is -0.403. The number of benzene rings is 2. The van der Waals surface area contributed by atoms with E-state index < -0.39 is 5.97 Å².